The minimum atomic E-state index is -0.515. The largest absolute Gasteiger partial charge is 0.444 e. The number of piperidine rings is 1. The smallest absolute Gasteiger partial charge is 0.407 e. The second-order valence-electron chi connectivity index (χ2n) is 9.95. The van der Waals surface area contributed by atoms with Gasteiger partial charge in [0.1, 0.15) is 5.60 Å². The summed E-state index contributed by atoms with van der Waals surface area (Å²) in [5, 5.41) is 8.19. The molecule has 8 nitrogen and oxygen atoms in total. The van der Waals surface area contributed by atoms with Crippen LogP contribution in [0.2, 0.25) is 0 Å². The van der Waals surface area contributed by atoms with E-state index < -0.39 is 11.7 Å². The van der Waals surface area contributed by atoms with E-state index in [1.54, 1.807) is 4.68 Å². The van der Waals surface area contributed by atoms with E-state index in [4.69, 9.17) is 9.72 Å². The van der Waals surface area contributed by atoms with Gasteiger partial charge in [0, 0.05) is 32.2 Å². The molecule has 3 heterocycles. The fraction of sp³-hybridized carbons (Fsp3) is 0.462. The molecule has 0 saturated carbocycles. The number of ether oxygens (including phenoxy) is 1. The lowest BCUT2D eigenvalue weighted by Gasteiger charge is -2.32. The number of nitrogens with one attached hydrogen (secondary N) is 1. The van der Waals surface area contributed by atoms with Crippen molar-refractivity contribution in [2.24, 2.45) is 13.0 Å². The summed E-state index contributed by atoms with van der Waals surface area (Å²) in [6.07, 6.45) is 1.26. The molecule has 2 aromatic heterocycles. The molecule has 0 atom stereocenters. The molecular formula is C26H33N5O3. The first kappa shape index (κ1) is 23.7. The molecule has 1 saturated heterocycles. The maximum absolute atomic E-state index is 13.7. The summed E-state index contributed by atoms with van der Waals surface area (Å²) >= 11 is 0. The second-order valence-corrected chi connectivity index (χ2v) is 9.95. The number of nitrogens with zero attached hydrogens (tertiary/aromatic N) is 4. The van der Waals surface area contributed by atoms with E-state index in [1.165, 1.54) is 0 Å². The second kappa shape index (κ2) is 9.44. The molecule has 0 bridgehead atoms. The van der Waals surface area contributed by atoms with E-state index >= 15 is 0 Å². The quantitative estimate of drug-likeness (QED) is 0.622. The third-order valence-electron chi connectivity index (χ3n) is 6.10. The Balaban J connectivity index is 1.50. The van der Waals surface area contributed by atoms with Gasteiger partial charge in [-0.15, -0.1) is 0 Å². The van der Waals surface area contributed by atoms with Gasteiger partial charge in [-0.05, 0) is 52.5 Å². The van der Waals surface area contributed by atoms with Crippen LogP contribution in [0, 0.1) is 12.8 Å². The Bertz CT molecular complexity index is 1190. The number of rotatable bonds is 4. The molecule has 8 heteroatoms. The third-order valence-corrected chi connectivity index (χ3v) is 6.10. The number of carbonyl (C=O) groups excluding carboxylic acids is 2. The van der Waals surface area contributed by atoms with E-state index in [1.807, 2.05) is 76.0 Å². The number of fused-ring (bicyclic) bond motifs is 1. The van der Waals surface area contributed by atoms with Crippen molar-refractivity contribution in [2.45, 2.75) is 46.1 Å². The van der Waals surface area contributed by atoms with Crippen LogP contribution in [0.3, 0.4) is 0 Å². The normalized spacial score (nSPS) is 14.9. The first-order chi connectivity index (χ1) is 16.1. The highest BCUT2D eigenvalue weighted by Crippen LogP contribution is 2.29. The molecule has 34 heavy (non-hydrogen) atoms. The maximum Gasteiger partial charge on any atom is 0.407 e. The van der Waals surface area contributed by atoms with E-state index in [0.29, 0.717) is 36.8 Å². The minimum Gasteiger partial charge on any atom is -0.444 e. The Morgan fingerprint density at radius 2 is 1.82 bits per heavy atom. The van der Waals surface area contributed by atoms with Gasteiger partial charge in [0.05, 0.1) is 22.3 Å². The maximum atomic E-state index is 13.7. The van der Waals surface area contributed by atoms with Gasteiger partial charge < -0.3 is 15.0 Å². The van der Waals surface area contributed by atoms with Gasteiger partial charge in [-0.2, -0.15) is 5.10 Å². The molecular weight excluding hydrogens is 430 g/mol. The monoisotopic (exact) mass is 463 g/mol. The minimum absolute atomic E-state index is 0.000711. The zero-order chi connectivity index (χ0) is 24.5. The topological polar surface area (TPSA) is 89.4 Å². The number of benzene rings is 1. The van der Waals surface area contributed by atoms with Crippen molar-refractivity contribution in [3.63, 3.8) is 0 Å². The number of pyridine rings is 1. The van der Waals surface area contributed by atoms with Crippen LogP contribution in [0.5, 0.6) is 0 Å². The summed E-state index contributed by atoms with van der Waals surface area (Å²) in [5.74, 6) is 0.313. The number of likely N-dealkylation sites (tertiary alicyclic amines) is 1. The molecule has 0 unspecified atom stereocenters. The lowest BCUT2D eigenvalue weighted by atomic mass is 9.95. The van der Waals surface area contributed by atoms with Crippen LogP contribution in [0.1, 0.15) is 49.7 Å². The van der Waals surface area contributed by atoms with Crippen molar-refractivity contribution < 1.29 is 14.3 Å². The van der Waals surface area contributed by atoms with E-state index in [9.17, 15) is 9.59 Å². The predicted octanol–water partition coefficient (Wildman–Crippen LogP) is 4.32. The molecule has 1 fully saturated rings. The fourth-order valence-corrected chi connectivity index (χ4v) is 4.42. The summed E-state index contributed by atoms with van der Waals surface area (Å²) in [6.45, 7) is 9.29. The van der Waals surface area contributed by atoms with E-state index in [-0.39, 0.29) is 5.91 Å². The highest BCUT2D eigenvalue weighted by atomic mass is 16.6. The molecule has 0 radical (unpaired) electrons. The zero-order valence-corrected chi connectivity index (χ0v) is 20.6. The van der Waals surface area contributed by atoms with Crippen molar-refractivity contribution in [3.8, 4) is 11.3 Å². The van der Waals surface area contributed by atoms with Gasteiger partial charge in [-0.25, -0.2) is 9.78 Å². The first-order valence-electron chi connectivity index (χ1n) is 11.8. The summed E-state index contributed by atoms with van der Waals surface area (Å²) < 4.78 is 7.06. The van der Waals surface area contributed by atoms with Crippen LogP contribution in [-0.2, 0) is 11.8 Å². The lowest BCUT2D eigenvalue weighted by molar-refractivity contribution is 0.0500. The third kappa shape index (κ3) is 5.21. The van der Waals surface area contributed by atoms with Gasteiger partial charge in [-0.3, -0.25) is 9.48 Å². The summed E-state index contributed by atoms with van der Waals surface area (Å²) in [7, 11) is 1.86. The molecule has 0 spiro atoms. The summed E-state index contributed by atoms with van der Waals surface area (Å²) in [5.41, 5.74) is 3.35. The van der Waals surface area contributed by atoms with Crippen LogP contribution in [0.4, 0.5) is 4.79 Å². The van der Waals surface area contributed by atoms with Crippen molar-refractivity contribution in [3.05, 3.63) is 47.7 Å². The van der Waals surface area contributed by atoms with Crippen LogP contribution in [-0.4, -0.2) is 56.9 Å². The Morgan fingerprint density at radius 1 is 1.15 bits per heavy atom. The fourth-order valence-electron chi connectivity index (χ4n) is 4.42. The Morgan fingerprint density at radius 3 is 2.47 bits per heavy atom. The van der Waals surface area contributed by atoms with Crippen molar-refractivity contribution >= 4 is 23.0 Å². The van der Waals surface area contributed by atoms with Gasteiger partial charge >= 0.3 is 6.09 Å². The SMILES string of the molecule is Cc1nn(C)c2nc(-c3ccccc3)cc(C(=O)N3CCC(CNC(=O)OC(C)(C)C)CC3)c12. The van der Waals surface area contributed by atoms with Gasteiger partial charge in [0.15, 0.2) is 5.65 Å². The molecule has 1 aromatic carbocycles. The standard InChI is InChI=1S/C26H33N5O3/c1-17-22-20(15-21(19-9-7-6-8-10-19)28-23(22)30(5)29-17)24(32)31-13-11-18(12-14-31)16-27-25(33)34-26(2,3)4/h6-10,15,18H,11-14,16H2,1-5H3,(H,27,33). The van der Waals surface area contributed by atoms with Crippen LogP contribution in [0.15, 0.2) is 36.4 Å². The molecule has 1 aliphatic heterocycles. The molecule has 1 aliphatic rings. The highest BCUT2D eigenvalue weighted by molar-refractivity contribution is 6.07. The summed E-state index contributed by atoms with van der Waals surface area (Å²) in [4.78, 5) is 32.3. The molecule has 2 amide bonds. The lowest BCUT2D eigenvalue weighted by Crippen LogP contribution is -2.42. The highest BCUT2D eigenvalue weighted by Gasteiger charge is 2.28. The molecule has 4 rings (SSSR count). The van der Waals surface area contributed by atoms with Gasteiger partial charge in [0.2, 0.25) is 0 Å². The van der Waals surface area contributed by atoms with Crippen molar-refractivity contribution in [1.29, 1.82) is 0 Å². The molecule has 3 aromatic rings. The van der Waals surface area contributed by atoms with Crippen LogP contribution in [0.25, 0.3) is 22.3 Å². The summed E-state index contributed by atoms with van der Waals surface area (Å²) in [6, 6.07) is 11.8. The first-order valence-corrected chi connectivity index (χ1v) is 11.8. The van der Waals surface area contributed by atoms with Crippen LogP contribution < -0.4 is 5.32 Å². The van der Waals surface area contributed by atoms with E-state index in [2.05, 4.69) is 10.4 Å². The average Bonchev–Trinajstić information content (AvgIpc) is 3.10. The number of alkyl carbamates (subject to hydrolysis) is 1. The number of hydrogen-bond donors (Lipinski definition) is 1. The average molecular weight is 464 g/mol. The van der Waals surface area contributed by atoms with Crippen LogP contribution >= 0.6 is 0 Å². The van der Waals surface area contributed by atoms with Crippen molar-refractivity contribution in [2.75, 3.05) is 19.6 Å². The Kier molecular flexibility index (Phi) is 6.59. The van der Waals surface area contributed by atoms with Gasteiger partial charge in [0.25, 0.3) is 5.91 Å². The molecule has 0 aliphatic carbocycles. The predicted molar refractivity (Wildman–Crippen MR) is 132 cm³/mol. The van der Waals surface area contributed by atoms with E-state index in [0.717, 1.165) is 35.2 Å². The molecule has 180 valence electrons. The van der Waals surface area contributed by atoms with Gasteiger partial charge in [-0.1, -0.05) is 30.3 Å². The molecule has 1 N–H and O–H groups in total. The zero-order valence-electron chi connectivity index (χ0n) is 20.6. The number of aryl methyl sites for hydroxylation is 2. The number of carbonyl (C=O) groups is 2. The number of aromatic nitrogens is 3. The number of amides is 2. The van der Waals surface area contributed by atoms with Crippen molar-refractivity contribution in [1.82, 2.24) is 25.0 Å². The Labute approximate surface area is 200 Å². The Hall–Kier alpha value is -3.42. The number of hydrogen-bond acceptors (Lipinski definition) is 5.